The van der Waals surface area contributed by atoms with E-state index in [2.05, 4.69) is 5.32 Å². The van der Waals surface area contributed by atoms with Crippen molar-refractivity contribution in [3.05, 3.63) is 35.4 Å². The van der Waals surface area contributed by atoms with Crippen molar-refractivity contribution in [2.75, 3.05) is 26.7 Å². The summed E-state index contributed by atoms with van der Waals surface area (Å²) < 4.78 is 26.6. The Balaban J connectivity index is 1.60. The average Bonchev–Trinajstić information content (AvgIpc) is 2.86. The molecular formula is C16H17F2N3O3. The maximum atomic E-state index is 13.7. The molecule has 3 rings (SSSR count). The van der Waals surface area contributed by atoms with Crippen molar-refractivity contribution in [2.24, 2.45) is 5.92 Å². The molecule has 0 spiro atoms. The molecule has 0 aliphatic carbocycles. The summed E-state index contributed by atoms with van der Waals surface area (Å²) in [6.45, 7) is 0.889. The number of rotatable bonds is 3. The molecule has 6 nitrogen and oxygen atoms in total. The number of hydrogen-bond donors (Lipinski definition) is 1. The van der Waals surface area contributed by atoms with Crippen LogP contribution >= 0.6 is 0 Å². The van der Waals surface area contributed by atoms with Crippen LogP contribution in [0.3, 0.4) is 0 Å². The molecule has 1 aromatic rings. The average molecular weight is 337 g/mol. The van der Waals surface area contributed by atoms with E-state index in [1.165, 1.54) is 11.9 Å². The lowest BCUT2D eigenvalue weighted by molar-refractivity contribution is -0.132. The lowest BCUT2D eigenvalue weighted by Crippen LogP contribution is -2.61. The van der Waals surface area contributed by atoms with Gasteiger partial charge in [-0.15, -0.1) is 0 Å². The van der Waals surface area contributed by atoms with E-state index in [9.17, 15) is 23.2 Å². The van der Waals surface area contributed by atoms with Crippen LogP contribution in [-0.2, 0) is 9.59 Å². The highest BCUT2D eigenvalue weighted by Crippen LogP contribution is 2.26. The Labute approximate surface area is 137 Å². The predicted octanol–water partition coefficient (Wildman–Crippen LogP) is 0.384. The van der Waals surface area contributed by atoms with Gasteiger partial charge in [-0.05, 0) is 12.1 Å². The number of carbonyl (C=O) groups is 3. The van der Waals surface area contributed by atoms with Gasteiger partial charge in [0.25, 0.3) is 5.91 Å². The van der Waals surface area contributed by atoms with Crippen LogP contribution < -0.4 is 5.32 Å². The molecule has 0 radical (unpaired) electrons. The number of hydrogen-bond acceptors (Lipinski definition) is 3. The molecule has 8 heteroatoms. The smallest absolute Gasteiger partial charge is 0.256 e. The first-order valence-corrected chi connectivity index (χ1v) is 7.66. The van der Waals surface area contributed by atoms with E-state index in [0.29, 0.717) is 12.6 Å². The van der Waals surface area contributed by atoms with Crippen LogP contribution in [0.25, 0.3) is 0 Å². The number of benzene rings is 1. The molecule has 2 heterocycles. The van der Waals surface area contributed by atoms with Gasteiger partial charge in [0.05, 0.1) is 17.5 Å². The number of halogens is 2. The lowest BCUT2D eigenvalue weighted by atomic mass is 10.0. The fourth-order valence-electron chi connectivity index (χ4n) is 3.12. The van der Waals surface area contributed by atoms with Crippen molar-refractivity contribution in [3.8, 4) is 0 Å². The molecular weight excluding hydrogens is 320 g/mol. The first-order valence-electron chi connectivity index (χ1n) is 7.66. The minimum Gasteiger partial charge on any atom is -0.359 e. The summed E-state index contributed by atoms with van der Waals surface area (Å²) in [6.07, 6.45) is 0.163. The number of nitrogens with one attached hydrogen (secondary N) is 1. The van der Waals surface area contributed by atoms with Gasteiger partial charge in [-0.2, -0.15) is 0 Å². The summed E-state index contributed by atoms with van der Waals surface area (Å²) in [5, 5.41) is 2.53. The molecule has 0 bridgehead atoms. The second-order valence-corrected chi connectivity index (χ2v) is 6.05. The largest absolute Gasteiger partial charge is 0.359 e. The summed E-state index contributed by atoms with van der Waals surface area (Å²) in [4.78, 5) is 38.9. The second kappa shape index (κ2) is 6.18. The van der Waals surface area contributed by atoms with Crippen molar-refractivity contribution in [1.29, 1.82) is 0 Å². The van der Waals surface area contributed by atoms with Crippen molar-refractivity contribution < 1.29 is 23.2 Å². The number of likely N-dealkylation sites (tertiary alicyclic amines) is 2. The minimum absolute atomic E-state index is 0.117. The number of carbonyl (C=O) groups excluding carboxylic acids is 3. The first kappa shape index (κ1) is 16.4. The van der Waals surface area contributed by atoms with E-state index in [1.807, 2.05) is 0 Å². The van der Waals surface area contributed by atoms with E-state index in [1.54, 1.807) is 4.90 Å². The van der Waals surface area contributed by atoms with E-state index in [-0.39, 0.29) is 48.8 Å². The van der Waals surface area contributed by atoms with Crippen molar-refractivity contribution in [3.63, 3.8) is 0 Å². The van der Waals surface area contributed by atoms with Crippen LogP contribution in [-0.4, -0.2) is 60.2 Å². The molecule has 128 valence electrons. The maximum Gasteiger partial charge on any atom is 0.256 e. The normalized spacial score (nSPS) is 21.0. The van der Waals surface area contributed by atoms with E-state index in [0.717, 1.165) is 12.1 Å². The van der Waals surface area contributed by atoms with E-state index < -0.39 is 17.5 Å². The molecule has 2 fully saturated rings. The van der Waals surface area contributed by atoms with Crippen LogP contribution in [0.5, 0.6) is 0 Å². The quantitative estimate of drug-likeness (QED) is 0.867. The standard InChI is InChI=1S/C16H17F2N3O3/c1-19-15(23)9-4-14(22)21(6-9)11-7-20(8-11)16(24)12-3-2-10(17)5-13(12)18/h2-3,5,9,11H,4,6-8H2,1H3,(H,19,23). The van der Waals surface area contributed by atoms with Gasteiger partial charge in [0.1, 0.15) is 11.6 Å². The fourth-order valence-corrected chi connectivity index (χ4v) is 3.12. The Morgan fingerprint density at radius 1 is 1.21 bits per heavy atom. The molecule has 1 aromatic carbocycles. The van der Waals surface area contributed by atoms with Gasteiger partial charge in [-0.25, -0.2) is 8.78 Å². The van der Waals surface area contributed by atoms with Crippen LogP contribution in [0, 0.1) is 17.6 Å². The summed E-state index contributed by atoms with van der Waals surface area (Å²) in [5.41, 5.74) is -0.189. The molecule has 2 aliphatic rings. The number of amides is 3. The van der Waals surface area contributed by atoms with Crippen LogP contribution in [0.2, 0.25) is 0 Å². The van der Waals surface area contributed by atoms with Gasteiger partial charge in [-0.1, -0.05) is 0 Å². The Bertz CT molecular complexity index is 704. The van der Waals surface area contributed by atoms with Crippen LogP contribution in [0.15, 0.2) is 18.2 Å². The van der Waals surface area contributed by atoms with Gasteiger partial charge in [0, 0.05) is 39.2 Å². The topological polar surface area (TPSA) is 69.7 Å². The Kier molecular flexibility index (Phi) is 4.21. The molecule has 3 amide bonds. The predicted molar refractivity (Wildman–Crippen MR) is 79.9 cm³/mol. The summed E-state index contributed by atoms with van der Waals surface area (Å²) >= 11 is 0. The summed E-state index contributed by atoms with van der Waals surface area (Å²) in [5.74, 6) is -2.84. The van der Waals surface area contributed by atoms with Crippen molar-refractivity contribution >= 4 is 17.7 Å². The minimum atomic E-state index is -0.902. The highest BCUT2D eigenvalue weighted by molar-refractivity contribution is 5.95. The lowest BCUT2D eigenvalue weighted by Gasteiger charge is -2.44. The monoisotopic (exact) mass is 337 g/mol. The van der Waals surface area contributed by atoms with Gasteiger partial charge in [-0.3, -0.25) is 14.4 Å². The maximum absolute atomic E-state index is 13.7. The Hall–Kier alpha value is -2.51. The molecule has 1 atom stereocenters. The van der Waals surface area contributed by atoms with E-state index >= 15 is 0 Å². The summed E-state index contributed by atoms with van der Waals surface area (Å²) in [6, 6.07) is 2.65. The van der Waals surface area contributed by atoms with Gasteiger partial charge < -0.3 is 15.1 Å². The molecule has 2 saturated heterocycles. The van der Waals surface area contributed by atoms with Crippen molar-refractivity contribution in [1.82, 2.24) is 15.1 Å². The SMILES string of the molecule is CNC(=O)C1CC(=O)N(C2CN(C(=O)c3ccc(F)cc3F)C2)C1. The number of nitrogens with zero attached hydrogens (tertiary/aromatic N) is 2. The molecule has 1 N–H and O–H groups in total. The third kappa shape index (κ3) is 2.83. The molecule has 0 saturated carbocycles. The zero-order chi connectivity index (χ0) is 17.4. The highest BCUT2D eigenvalue weighted by Gasteiger charge is 2.43. The molecule has 0 aromatic heterocycles. The molecule has 2 aliphatic heterocycles. The van der Waals surface area contributed by atoms with Crippen LogP contribution in [0.4, 0.5) is 8.78 Å². The van der Waals surface area contributed by atoms with Crippen molar-refractivity contribution in [2.45, 2.75) is 12.5 Å². The fraction of sp³-hybridized carbons (Fsp3) is 0.438. The van der Waals surface area contributed by atoms with Gasteiger partial charge in [0.2, 0.25) is 11.8 Å². The Morgan fingerprint density at radius 3 is 2.54 bits per heavy atom. The van der Waals surface area contributed by atoms with Crippen LogP contribution in [0.1, 0.15) is 16.8 Å². The molecule has 1 unspecified atom stereocenters. The third-order valence-electron chi connectivity index (χ3n) is 4.53. The van der Waals surface area contributed by atoms with E-state index in [4.69, 9.17) is 0 Å². The first-order chi connectivity index (χ1) is 11.4. The third-order valence-corrected chi connectivity index (χ3v) is 4.53. The summed E-state index contributed by atoms with van der Waals surface area (Å²) in [7, 11) is 1.52. The van der Waals surface area contributed by atoms with Gasteiger partial charge >= 0.3 is 0 Å². The Morgan fingerprint density at radius 2 is 1.92 bits per heavy atom. The molecule has 24 heavy (non-hydrogen) atoms. The highest BCUT2D eigenvalue weighted by atomic mass is 19.1. The van der Waals surface area contributed by atoms with Gasteiger partial charge in [0.15, 0.2) is 0 Å². The zero-order valence-corrected chi connectivity index (χ0v) is 13.1. The zero-order valence-electron chi connectivity index (χ0n) is 13.1. The second-order valence-electron chi connectivity index (χ2n) is 6.05.